The number of carbonyl (C=O) groups excluding carboxylic acids is 1. The molecule has 6 heteroatoms. The number of amides is 1. The van der Waals surface area contributed by atoms with E-state index in [1.54, 1.807) is 11.1 Å². The summed E-state index contributed by atoms with van der Waals surface area (Å²) < 4.78 is 5.46. The van der Waals surface area contributed by atoms with Crippen LogP contribution >= 0.6 is 0 Å². The molecule has 1 aromatic rings. The largest absolute Gasteiger partial charge is 0.444 e. The SMILES string of the molecule is CC(C)(C)OC(=O)N1CCC(CN(CCC#N)Cc2cccnc2)C1. The Morgan fingerprint density at radius 1 is 1.52 bits per heavy atom. The first-order valence-corrected chi connectivity index (χ1v) is 8.83. The quantitative estimate of drug-likeness (QED) is 0.793. The first-order chi connectivity index (χ1) is 11.9. The highest BCUT2D eigenvalue weighted by molar-refractivity contribution is 5.68. The number of hydrogen-bond donors (Lipinski definition) is 0. The van der Waals surface area contributed by atoms with E-state index in [0.717, 1.165) is 38.2 Å². The summed E-state index contributed by atoms with van der Waals surface area (Å²) in [6.45, 7) is 9.48. The summed E-state index contributed by atoms with van der Waals surface area (Å²) in [4.78, 5) is 20.4. The van der Waals surface area contributed by atoms with E-state index < -0.39 is 5.60 Å². The molecule has 1 aliphatic heterocycles. The molecule has 2 rings (SSSR count). The van der Waals surface area contributed by atoms with E-state index in [4.69, 9.17) is 10.00 Å². The third-order valence-electron chi connectivity index (χ3n) is 4.12. The van der Waals surface area contributed by atoms with Gasteiger partial charge in [-0.25, -0.2) is 4.79 Å². The van der Waals surface area contributed by atoms with Gasteiger partial charge in [0.25, 0.3) is 0 Å². The molecule has 1 saturated heterocycles. The van der Waals surface area contributed by atoms with Crippen LogP contribution in [0, 0.1) is 17.2 Å². The van der Waals surface area contributed by atoms with Crippen molar-refractivity contribution in [1.29, 1.82) is 5.26 Å². The van der Waals surface area contributed by atoms with Crippen molar-refractivity contribution in [3.8, 4) is 6.07 Å². The first kappa shape index (κ1) is 19.2. The number of nitrogens with zero attached hydrogens (tertiary/aromatic N) is 4. The molecule has 0 spiro atoms. The summed E-state index contributed by atoms with van der Waals surface area (Å²) in [5.74, 6) is 0.405. The van der Waals surface area contributed by atoms with Crippen molar-refractivity contribution in [2.45, 2.75) is 45.8 Å². The predicted octanol–water partition coefficient (Wildman–Crippen LogP) is 3.05. The minimum Gasteiger partial charge on any atom is -0.444 e. The molecule has 0 aliphatic carbocycles. The van der Waals surface area contributed by atoms with E-state index >= 15 is 0 Å². The van der Waals surface area contributed by atoms with Gasteiger partial charge in [0.15, 0.2) is 0 Å². The zero-order valence-corrected chi connectivity index (χ0v) is 15.4. The number of nitriles is 1. The molecule has 136 valence electrons. The second-order valence-corrected chi connectivity index (χ2v) is 7.59. The smallest absolute Gasteiger partial charge is 0.410 e. The van der Waals surface area contributed by atoms with Gasteiger partial charge in [0.05, 0.1) is 6.07 Å². The van der Waals surface area contributed by atoms with E-state index in [1.807, 2.05) is 39.1 Å². The van der Waals surface area contributed by atoms with E-state index in [9.17, 15) is 4.79 Å². The fraction of sp³-hybridized carbons (Fsp3) is 0.632. The molecule has 0 saturated carbocycles. The molecule has 0 N–H and O–H groups in total. The van der Waals surface area contributed by atoms with Crippen LogP contribution in [0.1, 0.15) is 39.2 Å². The highest BCUT2D eigenvalue weighted by Gasteiger charge is 2.30. The molecule has 6 nitrogen and oxygen atoms in total. The molecule has 1 fully saturated rings. The molecule has 1 amide bonds. The van der Waals surface area contributed by atoms with Gasteiger partial charge in [-0.05, 0) is 44.7 Å². The summed E-state index contributed by atoms with van der Waals surface area (Å²) >= 11 is 0. The van der Waals surface area contributed by atoms with Crippen LogP contribution in [-0.4, -0.2) is 52.7 Å². The highest BCUT2D eigenvalue weighted by Crippen LogP contribution is 2.21. The third kappa shape index (κ3) is 6.71. The van der Waals surface area contributed by atoms with Crippen LogP contribution in [0.2, 0.25) is 0 Å². The third-order valence-corrected chi connectivity index (χ3v) is 4.12. The van der Waals surface area contributed by atoms with Gasteiger partial charge in [0, 0.05) is 51.5 Å². The molecule has 1 atom stereocenters. The van der Waals surface area contributed by atoms with Crippen molar-refractivity contribution in [2.75, 3.05) is 26.2 Å². The summed E-state index contributed by atoms with van der Waals surface area (Å²) in [6, 6.07) is 6.20. The van der Waals surface area contributed by atoms with Gasteiger partial charge in [-0.1, -0.05) is 6.07 Å². The Balaban J connectivity index is 1.89. The van der Waals surface area contributed by atoms with Gasteiger partial charge >= 0.3 is 6.09 Å². The lowest BCUT2D eigenvalue weighted by atomic mass is 10.1. The molecule has 2 heterocycles. The van der Waals surface area contributed by atoms with E-state index in [1.165, 1.54) is 0 Å². The first-order valence-electron chi connectivity index (χ1n) is 8.83. The minimum absolute atomic E-state index is 0.231. The van der Waals surface area contributed by atoms with Crippen LogP contribution < -0.4 is 0 Å². The second-order valence-electron chi connectivity index (χ2n) is 7.59. The standard InChI is InChI=1S/C19H28N4O2/c1-19(2,3)25-18(24)23-11-7-17(15-23)14-22(10-5-8-20)13-16-6-4-9-21-12-16/h4,6,9,12,17H,5,7,10-11,13-15H2,1-3H3. The zero-order chi connectivity index (χ0) is 18.3. The molecular formula is C19H28N4O2. The number of hydrogen-bond acceptors (Lipinski definition) is 5. The molecule has 25 heavy (non-hydrogen) atoms. The fourth-order valence-electron chi connectivity index (χ4n) is 3.03. The summed E-state index contributed by atoms with van der Waals surface area (Å²) in [5, 5.41) is 8.91. The zero-order valence-electron chi connectivity index (χ0n) is 15.4. The number of carbonyl (C=O) groups is 1. The highest BCUT2D eigenvalue weighted by atomic mass is 16.6. The number of rotatable bonds is 6. The number of likely N-dealkylation sites (tertiary alicyclic amines) is 1. The maximum Gasteiger partial charge on any atom is 0.410 e. The van der Waals surface area contributed by atoms with Crippen LogP contribution in [-0.2, 0) is 11.3 Å². The van der Waals surface area contributed by atoms with Crippen molar-refractivity contribution in [1.82, 2.24) is 14.8 Å². The van der Waals surface area contributed by atoms with Crippen molar-refractivity contribution < 1.29 is 9.53 Å². The van der Waals surface area contributed by atoms with Gasteiger partial charge < -0.3 is 9.64 Å². The Hall–Kier alpha value is -2.13. The minimum atomic E-state index is -0.464. The monoisotopic (exact) mass is 344 g/mol. The average molecular weight is 344 g/mol. The number of pyridine rings is 1. The summed E-state index contributed by atoms with van der Waals surface area (Å²) in [5.41, 5.74) is 0.677. The lowest BCUT2D eigenvalue weighted by Crippen LogP contribution is -2.36. The van der Waals surface area contributed by atoms with Crippen LogP contribution in [0.15, 0.2) is 24.5 Å². The molecule has 1 unspecified atom stereocenters. The van der Waals surface area contributed by atoms with Gasteiger partial charge in [-0.3, -0.25) is 9.88 Å². The van der Waals surface area contributed by atoms with Crippen molar-refractivity contribution in [3.63, 3.8) is 0 Å². The van der Waals surface area contributed by atoms with Crippen LogP contribution in [0.5, 0.6) is 0 Å². The maximum atomic E-state index is 12.2. The molecular weight excluding hydrogens is 316 g/mol. The fourth-order valence-corrected chi connectivity index (χ4v) is 3.03. The summed E-state index contributed by atoms with van der Waals surface area (Å²) in [7, 11) is 0. The van der Waals surface area contributed by atoms with Gasteiger partial charge in [0.2, 0.25) is 0 Å². The molecule has 1 aromatic heterocycles. The van der Waals surface area contributed by atoms with E-state index in [2.05, 4.69) is 16.0 Å². The predicted molar refractivity (Wildman–Crippen MR) is 95.7 cm³/mol. The van der Waals surface area contributed by atoms with Crippen LogP contribution in [0.25, 0.3) is 0 Å². The normalized spacial score (nSPS) is 17.6. The molecule has 0 bridgehead atoms. The van der Waals surface area contributed by atoms with Gasteiger partial charge in [-0.15, -0.1) is 0 Å². The van der Waals surface area contributed by atoms with Crippen molar-refractivity contribution in [2.24, 2.45) is 5.92 Å². The lowest BCUT2D eigenvalue weighted by molar-refractivity contribution is 0.0285. The van der Waals surface area contributed by atoms with Gasteiger partial charge in [0.1, 0.15) is 5.60 Å². The Kier molecular flexibility index (Phi) is 6.77. The Labute approximate surface area is 150 Å². The Morgan fingerprint density at radius 3 is 2.96 bits per heavy atom. The lowest BCUT2D eigenvalue weighted by Gasteiger charge is -2.26. The van der Waals surface area contributed by atoms with E-state index in [0.29, 0.717) is 18.9 Å². The summed E-state index contributed by atoms with van der Waals surface area (Å²) in [6.07, 6.45) is 4.86. The van der Waals surface area contributed by atoms with Crippen LogP contribution in [0.3, 0.4) is 0 Å². The van der Waals surface area contributed by atoms with Gasteiger partial charge in [-0.2, -0.15) is 5.26 Å². The average Bonchev–Trinajstić information content (AvgIpc) is 3.01. The number of aromatic nitrogens is 1. The molecule has 1 aliphatic rings. The maximum absolute atomic E-state index is 12.2. The Bertz CT molecular complexity index is 592. The molecule has 0 radical (unpaired) electrons. The van der Waals surface area contributed by atoms with Crippen LogP contribution in [0.4, 0.5) is 4.79 Å². The second kappa shape index (κ2) is 8.82. The van der Waals surface area contributed by atoms with Crippen molar-refractivity contribution >= 4 is 6.09 Å². The van der Waals surface area contributed by atoms with Crippen molar-refractivity contribution in [3.05, 3.63) is 30.1 Å². The number of ether oxygens (including phenoxy) is 1. The van der Waals surface area contributed by atoms with E-state index in [-0.39, 0.29) is 6.09 Å². The topological polar surface area (TPSA) is 69.5 Å². The molecule has 0 aromatic carbocycles. The Morgan fingerprint density at radius 2 is 2.32 bits per heavy atom.